The molecule has 2 N–H and O–H groups in total. The van der Waals surface area contributed by atoms with Crippen molar-refractivity contribution in [1.82, 2.24) is 0 Å². The first-order chi connectivity index (χ1) is 10.3. The molecule has 5 nitrogen and oxygen atoms in total. The molecule has 0 saturated heterocycles. The van der Waals surface area contributed by atoms with Gasteiger partial charge in [-0.1, -0.05) is 19.9 Å². The summed E-state index contributed by atoms with van der Waals surface area (Å²) >= 11 is 0. The fourth-order valence-corrected chi connectivity index (χ4v) is 2.82. The molecule has 2 aliphatic heterocycles. The molecule has 1 spiro atoms. The molecule has 2 aliphatic rings. The quantitative estimate of drug-likeness (QED) is 0.471. The minimum absolute atomic E-state index is 0.0698. The minimum Gasteiger partial charge on any atom is -0.512 e. The first-order valence-corrected chi connectivity index (χ1v) is 7.25. The second-order valence-corrected chi connectivity index (χ2v) is 5.98. The lowest BCUT2D eigenvalue weighted by Gasteiger charge is -2.31. The number of aliphatic hydroxyl groups is 1. The molecule has 0 aliphatic carbocycles. The lowest BCUT2D eigenvalue weighted by atomic mass is 9.98. The highest BCUT2D eigenvalue weighted by atomic mass is 16.6. The van der Waals surface area contributed by atoms with E-state index in [9.17, 15) is 9.90 Å². The lowest BCUT2D eigenvalue weighted by molar-refractivity contribution is -0.138. The van der Waals surface area contributed by atoms with Crippen LogP contribution in [0.3, 0.4) is 0 Å². The number of nitrogens with one attached hydrogen (secondary N) is 1. The number of anilines is 1. The van der Waals surface area contributed by atoms with Crippen molar-refractivity contribution < 1.29 is 19.4 Å². The number of ether oxygens (including phenoxy) is 2. The molecule has 2 heterocycles. The summed E-state index contributed by atoms with van der Waals surface area (Å²) in [4.78, 5) is 12.1. The largest absolute Gasteiger partial charge is 0.512 e. The zero-order chi connectivity index (χ0) is 16.1. The average molecular weight is 301 g/mol. The minimum atomic E-state index is -1.21. The van der Waals surface area contributed by atoms with Crippen LogP contribution in [0.25, 0.3) is 0 Å². The van der Waals surface area contributed by atoms with E-state index < -0.39 is 11.7 Å². The maximum Gasteiger partial charge on any atom is 0.349 e. The standard InChI is InChI=1S/C17H19NO4/c1-9(2)12-5-6-14-13(7-12)18-17(22-14)8-10(3)21-16(20)15(17)11(4)19/h5-9,18-19H,1-4H3/b15-11+. The normalized spacial score (nSPS) is 25.3. The van der Waals surface area contributed by atoms with Crippen LogP contribution in [0.1, 0.15) is 39.2 Å². The molecule has 3 rings (SSSR count). The van der Waals surface area contributed by atoms with Crippen LogP contribution in [0.2, 0.25) is 0 Å². The number of hydrogen-bond donors (Lipinski definition) is 2. The van der Waals surface area contributed by atoms with Gasteiger partial charge in [0.1, 0.15) is 22.8 Å². The summed E-state index contributed by atoms with van der Waals surface area (Å²) < 4.78 is 11.1. The van der Waals surface area contributed by atoms with Crippen LogP contribution in [-0.2, 0) is 9.53 Å². The van der Waals surface area contributed by atoms with Crippen molar-refractivity contribution in [2.75, 3.05) is 5.32 Å². The Labute approximate surface area is 129 Å². The van der Waals surface area contributed by atoms with Crippen LogP contribution in [0, 0.1) is 0 Å². The number of carbonyl (C=O) groups is 1. The van der Waals surface area contributed by atoms with Crippen LogP contribution in [0.4, 0.5) is 5.69 Å². The number of rotatable bonds is 1. The van der Waals surface area contributed by atoms with Crippen molar-refractivity contribution in [3.8, 4) is 5.75 Å². The van der Waals surface area contributed by atoms with E-state index in [-0.39, 0.29) is 11.3 Å². The molecule has 0 amide bonds. The van der Waals surface area contributed by atoms with Gasteiger partial charge in [0.15, 0.2) is 0 Å². The van der Waals surface area contributed by atoms with E-state index in [1.165, 1.54) is 6.92 Å². The predicted octanol–water partition coefficient (Wildman–Crippen LogP) is 3.60. The number of fused-ring (bicyclic) bond motifs is 1. The maximum atomic E-state index is 12.1. The van der Waals surface area contributed by atoms with Gasteiger partial charge in [-0.2, -0.15) is 0 Å². The molecular weight excluding hydrogens is 282 g/mol. The summed E-state index contributed by atoms with van der Waals surface area (Å²) in [5, 5.41) is 13.1. The van der Waals surface area contributed by atoms with Crippen molar-refractivity contribution in [1.29, 1.82) is 0 Å². The predicted molar refractivity (Wildman–Crippen MR) is 82.7 cm³/mol. The van der Waals surface area contributed by atoms with Gasteiger partial charge >= 0.3 is 5.97 Å². The number of carbonyl (C=O) groups excluding carboxylic acids is 1. The highest BCUT2D eigenvalue weighted by Crippen LogP contribution is 2.44. The number of hydrogen-bond acceptors (Lipinski definition) is 5. The molecule has 0 bridgehead atoms. The van der Waals surface area contributed by atoms with Crippen LogP contribution in [0.5, 0.6) is 5.75 Å². The van der Waals surface area contributed by atoms with E-state index in [4.69, 9.17) is 9.47 Å². The van der Waals surface area contributed by atoms with Crippen molar-refractivity contribution in [3.63, 3.8) is 0 Å². The molecule has 116 valence electrons. The highest BCUT2D eigenvalue weighted by molar-refractivity contribution is 5.95. The van der Waals surface area contributed by atoms with Crippen LogP contribution < -0.4 is 10.1 Å². The van der Waals surface area contributed by atoms with Crippen LogP contribution in [0.15, 0.2) is 41.4 Å². The Bertz CT molecular complexity index is 713. The molecule has 0 fully saturated rings. The summed E-state index contributed by atoms with van der Waals surface area (Å²) in [5.41, 5.74) is 0.817. The number of esters is 1. The highest BCUT2D eigenvalue weighted by Gasteiger charge is 2.49. The topological polar surface area (TPSA) is 67.8 Å². The van der Waals surface area contributed by atoms with Gasteiger partial charge in [0.25, 0.3) is 0 Å². The Morgan fingerprint density at radius 1 is 1.36 bits per heavy atom. The van der Waals surface area contributed by atoms with Crippen molar-refractivity contribution in [3.05, 3.63) is 46.9 Å². The average Bonchev–Trinajstić information content (AvgIpc) is 2.73. The van der Waals surface area contributed by atoms with Gasteiger partial charge in [-0.25, -0.2) is 4.79 Å². The van der Waals surface area contributed by atoms with Crippen LogP contribution >= 0.6 is 0 Å². The van der Waals surface area contributed by atoms with Crippen LogP contribution in [-0.4, -0.2) is 16.8 Å². The molecule has 1 aromatic carbocycles. The van der Waals surface area contributed by atoms with Gasteiger partial charge in [0, 0.05) is 6.08 Å². The lowest BCUT2D eigenvalue weighted by Crippen LogP contribution is -2.47. The molecule has 5 heteroatoms. The molecule has 0 aromatic heterocycles. The monoisotopic (exact) mass is 301 g/mol. The first-order valence-electron chi connectivity index (χ1n) is 7.25. The zero-order valence-electron chi connectivity index (χ0n) is 13.1. The van der Waals surface area contributed by atoms with E-state index in [1.54, 1.807) is 13.0 Å². The Morgan fingerprint density at radius 2 is 2.09 bits per heavy atom. The summed E-state index contributed by atoms with van der Waals surface area (Å²) in [6.07, 6.45) is 1.67. The number of aliphatic hydroxyl groups excluding tert-OH is 1. The Balaban J connectivity index is 2.10. The number of cyclic esters (lactones) is 1. The smallest absolute Gasteiger partial charge is 0.349 e. The van der Waals surface area contributed by atoms with E-state index in [1.807, 2.05) is 18.2 Å². The maximum absolute atomic E-state index is 12.1. The van der Waals surface area contributed by atoms with Gasteiger partial charge in [0.05, 0.1) is 5.69 Å². The second-order valence-electron chi connectivity index (χ2n) is 5.98. The van der Waals surface area contributed by atoms with Gasteiger partial charge in [-0.3, -0.25) is 0 Å². The molecule has 1 atom stereocenters. The van der Waals surface area contributed by atoms with E-state index in [0.29, 0.717) is 17.4 Å². The third-order valence-electron chi connectivity index (χ3n) is 3.86. The fraction of sp³-hybridized carbons (Fsp3) is 0.353. The zero-order valence-corrected chi connectivity index (χ0v) is 13.1. The Morgan fingerprint density at radius 3 is 2.73 bits per heavy atom. The number of allylic oxidation sites excluding steroid dienone is 2. The van der Waals surface area contributed by atoms with Crippen molar-refractivity contribution in [2.45, 2.75) is 39.3 Å². The third-order valence-corrected chi connectivity index (χ3v) is 3.86. The molecular formula is C17H19NO4. The van der Waals surface area contributed by atoms with Gasteiger partial charge in [-0.15, -0.1) is 0 Å². The van der Waals surface area contributed by atoms with Gasteiger partial charge < -0.3 is 19.9 Å². The van der Waals surface area contributed by atoms with Crippen molar-refractivity contribution >= 4 is 11.7 Å². The molecule has 0 saturated carbocycles. The molecule has 22 heavy (non-hydrogen) atoms. The summed E-state index contributed by atoms with van der Waals surface area (Å²) in [5.74, 6) is 0.718. The van der Waals surface area contributed by atoms with Crippen molar-refractivity contribution in [2.24, 2.45) is 0 Å². The van der Waals surface area contributed by atoms with E-state index >= 15 is 0 Å². The van der Waals surface area contributed by atoms with Gasteiger partial charge in [0.2, 0.25) is 5.72 Å². The second kappa shape index (κ2) is 4.80. The first kappa shape index (κ1) is 14.5. The SMILES string of the molecule is CC1=CC2(Nc3cc(C(C)C)ccc3O2)/C(=C(\C)O)C(=O)O1. The summed E-state index contributed by atoms with van der Waals surface area (Å²) in [6, 6.07) is 5.87. The molecule has 0 radical (unpaired) electrons. The summed E-state index contributed by atoms with van der Waals surface area (Å²) in [6.45, 7) is 7.34. The molecule has 1 unspecified atom stereocenters. The Kier molecular flexibility index (Phi) is 3.16. The third kappa shape index (κ3) is 2.13. The van der Waals surface area contributed by atoms with E-state index in [0.717, 1.165) is 11.3 Å². The summed E-state index contributed by atoms with van der Waals surface area (Å²) in [7, 11) is 0. The Hall–Kier alpha value is -2.43. The number of benzene rings is 1. The molecule has 1 aromatic rings. The van der Waals surface area contributed by atoms with E-state index in [2.05, 4.69) is 19.2 Å². The fourth-order valence-electron chi connectivity index (χ4n) is 2.82. The van der Waals surface area contributed by atoms with Gasteiger partial charge in [-0.05, 0) is 37.5 Å².